The minimum absolute atomic E-state index is 0.0415. The van der Waals surface area contributed by atoms with Crippen LogP contribution < -0.4 is 11.1 Å². The lowest BCUT2D eigenvalue weighted by molar-refractivity contribution is -0.141. The predicted octanol–water partition coefficient (Wildman–Crippen LogP) is 3.34. The van der Waals surface area contributed by atoms with Crippen molar-refractivity contribution >= 4 is 23.0 Å². The predicted molar refractivity (Wildman–Crippen MR) is 75.6 cm³/mol. The maximum Gasteiger partial charge on any atom is 0.433 e. The summed E-state index contributed by atoms with van der Waals surface area (Å²) in [6.45, 7) is 2.12. The number of nitrogens with one attached hydrogen (secondary N) is 1. The molecule has 3 N–H and O–H groups in total. The Labute approximate surface area is 120 Å². The van der Waals surface area contributed by atoms with Gasteiger partial charge in [0.15, 0.2) is 0 Å². The zero-order valence-corrected chi connectivity index (χ0v) is 11.8. The molecule has 3 nitrogen and oxygen atoms in total. The molecular weight excluding hydrogens is 287 g/mol. The molecule has 0 amide bonds. The Kier molecular flexibility index (Phi) is 4.17. The average Bonchev–Trinajstić information content (AvgIpc) is 2.73. The van der Waals surface area contributed by atoms with Gasteiger partial charge in [-0.05, 0) is 37.3 Å². The van der Waals surface area contributed by atoms with Gasteiger partial charge in [-0.15, -0.1) is 0 Å². The van der Waals surface area contributed by atoms with Gasteiger partial charge < -0.3 is 11.1 Å². The van der Waals surface area contributed by atoms with E-state index in [2.05, 4.69) is 17.2 Å². The van der Waals surface area contributed by atoms with Gasteiger partial charge >= 0.3 is 6.18 Å². The summed E-state index contributed by atoms with van der Waals surface area (Å²) in [6.07, 6.45) is -1.60. The number of pyridine rings is 1. The minimum Gasteiger partial charge on any atom is -0.389 e. The molecule has 2 atom stereocenters. The van der Waals surface area contributed by atoms with Gasteiger partial charge in [-0.3, -0.25) is 0 Å². The van der Waals surface area contributed by atoms with Crippen LogP contribution >= 0.6 is 12.2 Å². The molecule has 0 radical (unpaired) electrons. The average molecular weight is 303 g/mol. The first-order valence-electron chi connectivity index (χ1n) is 6.42. The first kappa shape index (κ1) is 15.0. The number of hydrogen-bond acceptors (Lipinski definition) is 3. The summed E-state index contributed by atoms with van der Waals surface area (Å²) in [4.78, 5) is 3.69. The van der Waals surface area contributed by atoms with Gasteiger partial charge in [-0.25, -0.2) is 4.98 Å². The van der Waals surface area contributed by atoms with Crippen molar-refractivity contribution in [3.05, 3.63) is 23.4 Å². The number of thiocarbonyl (C=S) groups is 1. The monoisotopic (exact) mass is 303 g/mol. The van der Waals surface area contributed by atoms with E-state index in [1.54, 1.807) is 0 Å². The van der Waals surface area contributed by atoms with Crippen LogP contribution in [-0.2, 0) is 6.18 Å². The van der Waals surface area contributed by atoms with Gasteiger partial charge in [0.25, 0.3) is 0 Å². The molecule has 1 fully saturated rings. The van der Waals surface area contributed by atoms with E-state index in [9.17, 15) is 13.2 Å². The second kappa shape index (κ2) is 5.55. The molecule has 1 aliphatic rings. The highest BCUT2D eigenvalue weighted by molar-refractivity contribution is 7.80. The molecule has 0 aromatic carbocycles. The Morgan fingerprint density at radius 3 is 2.60 bits per heavy atom. The van der Waals surface area contributed by atoms with Gasteiger partial charge in [-0.1, -0.05) is 19.1 Å². The van der Waals surface area contributed by atoms with Crippen LogP contribution in [0.3, 0.4) is 0 Å². The smallest absolute Gasteiger partial charge is 0.389 e. The summed E-state index contributed by atoms with van der Waals surface area (Å²) in [5, 5.41) is 3.06. The summed E-state index contributed by atoms with van der Waals surface area (Å²) in [7, 11) is 0. The second-order valence-corrected chi connectivity index (χ2v) is 5.65. The normalized spacial score (nSPS) is 22.8. The Morgan fingerprint density at radius 2 is 2.10 bits per heavy atom. The number of nitrogens with zero attached hydrogens (tertiary/aromatic N) is 1. The van der Waals surface area contributed by atoms with Gasteiger partial charge in [0.05, 0.1) is 5.56 Å². The fraction of sp³-hybridized carbons (Fsp3) is 0.538. The SMILES string of the molecule is CC1CCC(Nc2nc(C(F)(F)F)ccc2C(N)=S)C1. The van der Waals surface area contributed by atoms with Crippen molar-refractivity contribution in [1.82, 2.24) is 4.98 Å². The van der Waals surface area contributed by atoms with E-state index < -0.39 is 11.9 Å². The first-order chi connectivity index (χ1) is 9.27. The molecule has 20 heavy (non-hydrogen) atoms. The third-order valence-corrected chi connectivity index (χ3v) is 3.71. The molecule has 7 heteroatoms. The number of rotatable bonds is 3. The van der Waals surface area contributed by atoms with Crippen molar-refractivity contribution in [3.8, 4) is 0 Å². The molecule has 110 valence electrons. The number of nitrogens with two attached hydrogens (primary N) is 1. The maximum absolute atomic E-state index is 12.7. The van der Waals surface area contributed by atoms with Crippen molar-refractivity contribution in [2.45, 2.75) is 38.4 Å². The molecule has 2 unspecified atom stereocenters. The van der Waals surface area contributed by atoms with Crippen LogP contribution in [0, 0.1) is 5.92 Å². The van der Waals surface area contributed by atoms with E-state index >= 15 is 0 Å². The van der Waals surface area contributed by atoms with Crippen molar-refractivity contribution in [2.24, 2.45) is 11.7 Å². The molecular formula is C13H16F3N3S. The quantitative estimate of drug-likeness (QED) is 0.841. The summed E-state index contributed by atoms with van der Waals surface area (Å²) in [5.74, 6) is 0.693. The highest BCUT2D eigenvalue weighted by atomic mass is 32.1. The van der Waals surface area contributed by atoms with Gasteiger partial charge in [0, 0.05) is 6.04 Å². The Morgan fingerprint density at radius 1 is 1.40 bits per heavy atom. The lowest BCUT2D eigenvalue weighted by Gasteiger charge is -2.17. The van der Waals surface area contributed by atoms with E-state index in [1.807, 2.05) is 0 Å². The maximum atomic E-state index is 12.7. The summed E-state index contributed by atoms with van der Waals surface area (Å²) < 4.78 is 38.2. The second-order valence-electron chi connectivity index (χ2n) is 5.21. The lowest BCUT2D eigenvalue weighted by atomic mass is 10.1. The molecule has 1 saturated carbocycles. The number of alkyl halides is 3. The van der Waals surface area contributed by atoms with E-state index in [1.165, 1.54) is 6.07 Å². The Bertz CT molecular complexity index is 516. The third kappa shape index (κ3) is 3.39. The van der Waals surface area contributed by atoms with Crippen LogP contribution in [0.15, 0.2) is 12.1 Å². The molecule has 1 aromatic heterocycles. The zero-order valence-electron chi connectivity index (χ0n) is 11.0. The molecule has 0 saturated heterocycles. The minimum atomic E-state index is -4.48. The summed E-state index contributed by atoms with van der Waals surface area (Å²) in [6, 6.07) is 2.30. The first-order valence-corrected chi connectivity index (χ1v) is 6.82. The highest BCUT2D eigenvalue weighted by Crippen LogP contribution is 2.31. The molecule has 1 heterocycles. The van der Waals surface area contributed by atoms with Crippen molar-refractivity contribution in [1.29, 1.82) is 0 Å². The van der Waals surface area contributed by atoms with Gasteiger partial charge in [0.2, 0.25) is 0 Å². The fourth-order valence-electron chi connectivity index (χ4n) is 2.46. The van der Waals surface area contributed by atoms with Crippen LogP contribution in [0.5, 0.6) is 0 Å². The van der Waals surface area contributed by atoms with E-state index in [4.69, 9.17) is 18.0 Å². The number of aromatic nitrogens is 1. The molecule has 1 aromatic rings. The molecule has 0 bridgehead atoms. The topological polar surface area (TPSA) is 50.9 Å². The van der Waals surface area contributed by atoms with Crippen molar-refractivity contribution in [3.63, 3.8) is 0 Å². The van der Waals surface area contributed by atoms with E-state index in [0.29, 0.717) is 11.5 Å². The number of anilines is 1. The van der Waals surface area contributed by atoms with E-state index in [-0.39, 0.29) is 16.8 Å². The summed E-state index contributed by atoms with van der Waals surface area (Å²) in [5.41, 5.74) is 4.96. The molecule has 0 spiro atoms. The zero-order chi connectivity index (χ0) is 14.9. The van der Waals surface area contributed by atoms with Crippen LogP contribution in [0.4, 0.5) is 19.0 Å². The van der Waals surface area contributed by atoms with Crippen LogP contribution in [0.25, 0.3) is 0 Å². The highest BCUT2D eigenvalue weighted by Gasteiger charge is 2.33. The molecule has 0 aliphatic heterocycles. The standard InChI is InChI=1S/C13H16F3N3S/c1-7-2-3-8(6-7)18-12-9(11(17)20)4-5-10(19-12)13(14,15)16/h4-5,7-8H,2-3,6H2,1H3,(H2,17,20)(H,18,19). The Balaban J connectivity index is 2.30. The number of hydrogen-bond donors (Lipinski definition) is 2. The van der Waals surface area contributed by atoms with Crippen LogP contribution in [0.1, 0.15) is 37.4 Å². The number of halogens is 3. The largest absolute Gasteiger partial charge is 0.433 e. The van der Waals surface area contributed by atoms with Crippen molar-refractivity contribution in [2.75, 3.05) is 5.32 Å². The van der Waals surface area contributed by atoms with Crippen molar-refractivity contribution < 1.29 is 13.2 Å². The van der Waals surface area contributed by atoms with Crippen LogP contribution in [0.2, 0.25) is 0 Å². The van der Waals surface area contributed by atoms with Crippen LogP contribution in [-0.4, -0.2) is 16.0 Å². The molecule has 2 rings (SSSR count). The molecule has 1 aliphatic carbocycles. The Hall–Kier alpha value is -1.37. The fourth-order valence-corrected chi connectivity index (χ4v) is 2.62. The summed E-state index contributed by atoms with van der Waals surface area (Å²) >= 11 is 4.87. The van der Waals surface area contributed by atoms with Gasteiger partial charge in [0.1, 0.15) is 16.5 Å². The lowest BCUT2D eigenvalue weighted by Crippen LogP contribution is -2.22. The van der Waals surface area contributed by atoms with Gasteiger partial charge in [-0.2, -0.15) is 13.2 Å². The third-order valence-electron chi connectivity index (χ3n) is 3.49. The van der Waals surface area contributed by atoms with E-state index in [0.717, 1.165) is 25.3 Å².